The number of nitrogens with one attached hydrogen (secondary N) is 1. The monoisotopic (exact) mass is 543 g/mol. The molecule has 3 heterocycles. The number of anilines is 2. The Morgan fingerprint density at radius 3 is 2.54 bits per heavy atom. The van der Waals surface area contributed by atoms with Gasteiger partial charge in [-0.25, -0.2) is 8.42 Å². The van der Waals surface area contributed by atoms with Crippen LogP contribution in [-0.4, -0.2) is 29.5 Å². The maximum absolute atomic E-state index is 13.9. The molecule has 8 heteroatoms. The minimum absolute atomic E-state index is 0.00497. The average molecular weight is 544 g/mol. The van der Waals surface area contributed by atoms with Crippen molar-refractivity contribution in [1.29, 1.82) is 0 Å². The van der Waals surface area contributed by atoms with Crippen LogP contribution < -0.4 is 10.5 Å². The number of pyridine rings is 2. The molecule has 0 saturated heterocycles. The fraction of sp³-hybridized carbons (Fsp3) is 0.290. The molecule has 0 saturated carbocycles. The Balaban J connectivity index is 1.67. The summed E-state index contributed by atoms with van der Waals surface area (Å²) in [6.45, 7) is 5.99. The van der Waals surface area contributed by atoms with Crippen molar-refractivity contribution in [3.63, 3.8) is 0 Å². The largest absolute Gasteiger partial charge is 0.504 e. The second-order valence-electron chi connectivity index (χ2n) is 10.1. The first-order valence-corrected chi connectivity index (χ1v) is 14.8. The lowest BCUT2D eigenvalue weighted by Gasteiger charge is -2.38. The molecule has 0 amide bonds. The fourth-order valence-corrected chi connectivity index (χ4v) is 6.78. The quantitative estimate of drug-likeness (QED) is 0.292. The molecular formula is C31H33N3O4S. The minimum Gasteiger partial charge on any atom is -0.504 e. The van der Waals surface area contributed by atoms with Gasteiger partial charge in [0.15, 0.2) is 10.6 Å². The standard InChI is InChI=1S/C31H33N3O4S/c1-4-5-11-26-28(34-20(2)13-14-23-9-6-7-12-27(23)34)29(35)30(31(36)33-26)39(37,38)24-17-15-22(16-18-24)25-10-8-19-32-21(25)3/h6-10,12,15-20H,4-5,11,13-14H2,1-3H3,(H2,33,35,36). The summed E-state index contributed by atoms with van der Waals surface area (Å²) in [7, 11) is -4.34. The lowest BCUT2D eigenvalue weighted by Crippen LogP contribution is -2.35. The first kappa shape index (κ1) is 26.7. The molecule has 0 radical (unpaired) electrons. The molecule has 0 spiro atoms. The third kappa shape index (κ3) is 4.85. The summed E-state index contributed by atoms with van der Waals surface area (Å²) in [6, 6.07) is 18.0. The van der Waals surface area contributed by atoms with E-state index in [4.69, 9.17) is 0 Å². The zero-order chi connectivity index (χ0) is 27.7. The number of sulfone groups is 1. The average Bonchev–Trinajstić information content (AvgIpc) is 2.93. The van der Waals surface area contributed by atoms with Gasteiger partial charge in [0, 0.05) is 34.9 Å². The first-order chi connectivity index (χ1) is 18.7. The lowest BCUT2D eigenvalue weighted by atomic mass is 9.95. The minimum atomic E-state index is -4.34. The number of hydrogen-bond donors (Lipinski definition) is 2. The highest BCUT2D eigenvalue weighted by atomic mass is 32.2. The molecule has 7 nitrogen and oxygen atoms in total. The van der Waals surface area contributed by atoms with Gasteiger partial charge in [-0.3, -0.25) is 9.78 Å². The highest BCUT2D eigenvalue weighted by Gasteiger charge is 2.34. The van der Waals surface area contributed by atoms with Crippen molar-refractivity contribution in [3.05, 3.63) is 94.2 Å². The van der Waals surface area contributed by atoms with Crippen LogP contribution in [0.5, 0.6) is 5.75 Å². The smallest absolute Gasteiger partial charge is 0.271 e. The zero-order valence-electron chi connectivity index (χ0n) is 22.4. The molecule has 1 unspecified atom stereocenters. The van der Waals surface area contributed by atoms with Crippen LogP contribution >= 0.6 is 0 Å². The molecule has 1 aliphatic rings. The Morgan fingerprint density at radius 1 is 1.08 bits per heavy atom. The molecule has 1 aliphatic heterocycles. The van der Waals surface area contributed by atoms with Gasteiger partial charge in [-0.1, -0.05) is 49.7 Å². The van der Waals surface area contributed by atoms with Crippen molar-refractivity contribution in [1.82, 2.24) is 9.97 Å². The number of H-pyrrole nitrogens is 1. The van der Waals surface area contributed by atoms with E-state index in [1.54, 1.807) is 18.3 Å². The van der Waals surface area contributed by atoms with E-state index in [1.807, 2.05) is 55.1 Å². The van der Waals surface area contributed by atoms with Gasteiger partial charge in [-0.05, 0) is 74.9 Å². The maximum Gasteiger partial charge on any atom is 0.271 e. The topological polar surface area (TPSA) is 103 Å². The Bertz CT molecular complexity index is 1680. The van der Waals surface area contributed by atoms with Gasteiger partial charge in [-0.15, -0.1) is 0 Å². The molecule has 0 aliphatic carbocycles. The molecule has 5 rings (SSSR count). The zero-order valence-corrected chi connectivity index (χ0v) is 23.3. The summed E-state index contributed by atoms with van der Waals surface area (Å²) in [5.74, 6) is -0.499. The summed E-state index contributed by atoms with van der Waals surface area (Å²) < 4.78 is 27.7. The third-order valence-corrected chi connectivity index (χ3v) is 9.30. The van der Waals surface area contributed by atoms with Gasteiger partial charge < -0.3 is 15.0 Å². The molecule has 39 heavy (non-hydrogen) atoms. The van der Waals surface area contributed by atoms with Gasteiger partial charge in [-0.2, -0.15) is 0 Å². The summed E-state index contributed by atoms with van der Waals surface area (Å²) >= 11 is 0. The van der Waals surface area contributed by atoms with Crippen molar-refractivity contribution in [3.8, 4) is 16.9 Å². The van der Waals surface area contributed by atoms with Crippen LogP contribution in [0.15, 0.2) is 81.4 Å². The molecule has 2 N–H and O–H groups in total. The van der Waals surface area contributed by atoms with Gasteiger partial charge in [0.05, 0.1) is 4.90 Å². The van der Waals surface area contributed by atoms with Crippen molar-refractivity contribution >= 4 is 21.2 Å². The van der Waals surface area contributed by atoms with Crippen molar-refractivity contribution in [2.45, 2.75) is 68.7 Å². The van der Waals surface area contributed by atoms with E-state index in [0.29, 0.717) is 17.8 Å². The highest BCUT2D eigenvalue weighted by molar-refractivity contribution is 7.91. The third-order valence-electron chi connectivity index (χ3n) is 7.49. The molecule has 2 aromatic carbocycles. The molecule has 0 fully saturated rings. The summed E-state index contributed by atoms with van der Waals surface area (Å²) in [4.78, 5) is 21.8. The van der Waals surface area contributed by atoms with Crippen LogP contribution in [0.4, 0.5) is 11.4 Å². The van der Waals surface area contributed by atoms with Crippen LogP contribution in [-0.2, 0) is 22.7 Å². The van der Waals surface area contributed by atoms with E-state index < -0.39 is 26.0 Å². The molecule has 4 aromatic rings. The van der Waals surface area contributed by atoms with Crippen molar-refractivity contribution in [2.24, 2.45) is 0 Å². The van der Waals surface area contributed by atoms with Crippen LogP contribution in [0.25, 0.3) is 11.1 Å². The molecule has 202 valence electrons. The summed E-state index contributed by atoms with van der Waals surface area (Å²) in [6.07, 6.45) is 5.61. The number of benzene rings is 2. The van der Waals surface area contributed by atoms with Crippen LogP contribution in [0.2, 0.25) is 0 Å². The lowest BCUT2D eigenvalue weighted by molar-refractivity contribution is 0.451. The van der Waals surface area contributed by atoms with E-state index in [0.717, 1.165) is 53.8 Å². The Kier molecular flexibility index (Phi) is 7.32. The second-order valence-corrected chi connectivity index (χ2v) is 12.0. The maximum atomic E-state index is 13.9. The second kappa shape index (κ2) is 10.7. The normalized spacial score (nSPS) is 15.3. The number of hydrogen-bond acceptors (Lipinski definition) is 6. The van der Waals surface area contributed by atoms with E-state index in [9.17, 15) is 18.3 Å². The van der Waals surface area contributed by atoms with E-state index in [-0.39, 0.29) is 10.9 Å². The molecular weight excluding hydrogens is 510 g/mol. The number of aromatic nitrogens is 2. The van der Waals surface area contributed by atoms with Crippen molar-refractivity contribution < 1.29 is 13.5 Å². The molecule has 1 atom stereocenters. The number of aromatic hydroxyl groups is 1. The fourth-order valence-electron chi connectivity index (χ4n) is 5.40. The van der Waals surface area contributed by atoms with E-state index in [1.165, 1.54) is 12.1 Å². The Hall–Kier alpha value is -3.91. The highest BCUT2D eigenvalue weighted by Crippen LogP contribution is 2.45. The van der Waals surface area contributed by atoms with Crippen LogP contribution in [0.1, 0.15) is 50.1 Å². The number of aryl methyl sites for hydroxylation is 3. The molecule has 2 aromatic heterocycles. The van der Waals surface area contributed by atoms with Crippen LogP contribution in [0, 0.1) is 6.92 Å². The predicted octanol–water partition coefficient (Wildman–Crippen LogP) is 6.10. The van der Waals surface area contributed by atoms with E-state index >= 15 is 0 Å². The number of fused-ring (bicyclic) bond motifs is 1. The summed E-state index contributed by atoms with van der Waals surface area (Å²) in [5.41, 5.74) is 4.66. The van der Waals surface area contributed by atoms with E-state index in [2.05, 4.69) is 16.9 Å². The number of rotatable bonds is 7. The number of nitrogens with zero attached hydrogens (tertiary/aromatic N) is 2. The Morgan fingerprint density at radius 2 is 1.82 bits per heavy atom. The number of aromatic amines is 1. The number of para-hydroxylation sites is 1. The van der Waals surface area contributed by atoms with Gasteiger partial charge in [0.1, 0.15) is 5.69 Å². The van der Waals surface area contributed by atoms with Gasteiger partial charge in [0.2, 0.25) is 9.84 Å². The Labute approximate surface area is 229 Å². The SMILES string of the molecule is CCCCc1[nH]c(=O)c(S(=O)(=O)c2ccc(-c3cccnc3C)cc2)c(O)c1N1c2ccccc2CCC1C. The molecule has 0 bridgehead atoms. The van der Waals surface area contributed by atoms with Crippen molar-refractivity contribution in [2.75, 3.05) is 4.90 Å². The number of unbranched alkanes of at least 4 members (excludes halogenated alkanes) is 1. The first-order valence-electron chi connectivity index (χ1n) is 13.4. The van der Waals surface area contributed by atoms with Gasteiger partial charge in [0.25, 0.3) is 5.56 Å². The van der Waals surface area contributed by atoms with Crippen LogP contribution in [0.3, 0.4) is 0 Å². The predicted molar refractivity (Wildman–Crippen MR) is 154 cm³/mol. The van der Waals surface area contributed by atoms with Gasteiger partial charge >= 0.3 is 0 Å². The summed E-state index contributed by atoms with van der Waals surface area (Å²) in [5, 5.41) is 11.7.